The van der Waals surface area contributed by atoms with Gasteiger partial charge in [0, 0.05) is 0 Å². The van der Waals surface area contributed by atoms with Gasteiger partial charge in [0.2, 0.25) is 0 Å². The van der Waals surface area contributed by atoms with Gasteiger partial charge in [0.25, 0.3) is 5.95 Å². The molecule has 11 heavy (non-hydrogen) atoms. The summed E-state index contributed by atoms with van der Waals surface area (Å²) < 4.78 is 1.38. The molecule has 0 radical (unpaired) electrons. The van der Waals surface area contributed by atoms with Gasteiger partial charge in [0.1, 0.15) is 0 Å². The first-order valence-electron chi connectivity index (χ1n) is 2.87. The molecule has 2 heterocycles. The molecule has 0 aliphatic heterocycles. The number of tetrazole rings is 2. The summed E-state index contributed by atoms with van der Waals surface area (Å²) in [4.78, 5) is 0. The van der Waals surface area contributed by atoms with Crippen molar-refractivity contribution in [2.75, 3.05) is 0 Å². The van der Waals surface area contributed by atoms with E-state index >= 15 is 0 Å². The predicted octanol–water partition coefficient (Wildman–Crippen LogP) is -1.52. The van der Waals surface area contributed by atoms with E-state index in [4.69, 9.17) is 0 Å². The average molecular weight is 152 g/mol. The number of hydrogen-bond acceptors (Lipinski definition) is 6. The van der Waals surface area contributed by atoms with E-state index in [2.05, 4.69) is 36.1 Å². The summed E-state index contributed by atoms with van der Waals surface area (Å²) in [7, 11) is 0. The van der Waals surface area contributed by atoms with Crippen molar-refractivity contribution < 1.29 is 0 Å². The van der Waals surface area contributed by atoms with E-state index < -0.39 is 0 Å². The first-order valence-corrected chi connectivity index (χ1v) is 2.87. The summed E-state index contributed by atoms with van der Waals surface area (Å²) in [5.74, 6) is 0.957. The lowest BCUT2D eigenvalue weighted by atomic mass is 10.7. The number of nitrogens with one attached hydrogen (secondary N) is 1. The molecule has 0 bridgehead atoms. The molecule has 0 spiro atoms. The van der Waals surface area contributed by atoms with Gasteiger partial charge in [-0.25, -0.2) is 0 Å². The number of nitrogens with zero attached hydrogens (tertiary/aromatic N) is 7. The molecule has 2 aromatic heterocycles. The maximum absolute atomic E-state index is 3.69. The van der Waals surface area contributed by atoms with Crippen LogP contribution in [0.4, 0.5) is 0 Å². The lowest BCUT2D eigenvalue weighted by Crippen LogP contribution is -2.01. The van der Waals surface area contributed by atoms with Crippen LogP contribution in [0.1, 0.15) is 5.82 Å². The van der Waals surface area contributed by atoms with Crippen molar-refractivity contribution in [3.63, 3.8) is 0 Å². The van der Waals surface area contributed by atoms with E-state index in [1.54, 1.807) is 6.92 Å². The Balaban J connectivity index is 2.53. The Morgan fingerprint density at radius 3 is 2.82 bits per heavy atom. The third-order valence-corrected chi connectivity index (χ3v) is 1.15. The highest BCUT2D eigenvalue weighted by molar-refractivity contribution is 5.02. The average Bonchev–Trinajstić information content (AvgIpc) is 2.55. The molecule has 2 rings (SSSR count). The first-order chi connectivity index (χ1) is 5.38. The van der Waals surface area contributed by atoms with Crippen LogP contribution in [-0.2, 0) is 0 Å². The van der Waals surface area contributed by atoms with Crippen molar-refractivity contribution in [1.82, 2.24) is 40.8 Å². The molecule has 0 aliphatic carbocycles. The predicted molar refractivity (Wildman–Crippen MR) is 31.6 cm³/mol. The van der Waals surface area contributed by atoms with Crippen LogP contribution in [0.25, 0.3) is 5.95 Å². The van der Waals surface area contributed by atoms with Gasteiger partial charge in [0.05, 0.1) is 0 Å². The normalized spacial score (nSPS) is 10.3. The Hall–Kier alpha value is -1.86. The van der Waals surface area contributed by atoms with Crippen LogP contribution in [0, 0.1) is 6.92 Å². The minimum Gasteiger partial charge on any atom is -0.175 e. The van der Waals surface area contributed by atoms with Gasteiger partial charge in [-0.1, -0.05) is 5.10 Å². The largest absolute Gasteiger partial charge is 0.293 e. The van der Waals surface area contributed by atoms with Crippen molar-refractivity contribution in [2.45, 2.75) is 6.92 Å². The molecule has 0 fully saturated rings. The number of aryl methyl sites for hydroxylation is 1. The highest BCUT2D eigenvalue weighted by Crippen LogP contribution is 1.94. The fourth-order valence-electron chi connectivity index (χ4n) is 0.663. The van der Waals surface area contributed by atoms with Crippen LogP contribution in [-0.4, -0.2) is 40.8 Å². The van der Waals surface area contributed by atoms with Crippen molar-refractivity contribution >= 4 is 0 Å². The fraction of sp³-hybridized carbons (Fsp3) is 0.333. The van der Waals surface area contributed by atoms with E-state index in [0.717, 1.165) is 0 Å². The third kappa shape index (κ3) is 0.838. The van der Waals surface area contributed by atoms with Crippen molar-refractivity contribution in [1.29, 1.82) is 0 Å². The number of rotatable bonds is 1. The van der Waals surface area contributed by atoms with Gasteiger partial charge in [-0.05, 0) is 22.6 Å². The number of H-pyrrole nitrogens is 1. The second-order valence-electron chi connectivity index (χ2n) is 1.85. The van der Waals surface area contributed by atoms with Crippen LogP contribution in [0.2, 0.25) is 0 Å². The molecule has 0 aliphatic rings. The molecular weight excluding hydrogens is 148 g/mol. The second-order valence-corrected chi connectivity index (χ2v) is 1.85. The number of aromatic amines is 1. The zero-order chi connectivity index (χ0) is 7.68. The van der Waals surface area contributed by atoms with Gasteiger partial charge >= 0.3 is 0 Å². The Kier molecular flexibility index (Phi) is 1.11. The van der Waals surface area contributed by atoms with Gasteiger partial charge in [-0.15, -0.1) is 10.2 Å². The second kappa shape index (κ2) is 2.08. The van der Waals surface area contributed by atoms with E-state index in [0.29, 0.717) is 11.8 Å². The molecule has 0 atom stereocenters. The zero-order valence-corrected chi connectivity index (χ0v) is 5.63. The maximum atomic E-state index is 3.69. The van der Waals surface area contributed by atoms with Gasteiger partial charge in [-0.3, -0.25) is 0 Å². The van der Waals surface area contributed by atoms with Gasteiger partial charge < -0.3 is 0 Å². The smallest absolute Gasteiger partial charge is 0.175 e. The monoisotopic (exact) mass is 152 g/mol. The van der Waals surface area contributed by atoms with E-state index in [-0.39, 0.29) is 0 Å². The molecule has 0 unspecified atom stereocenters. The van der Waals surface area contributed by atoms with E-state index in [1.165, 1.54) is 4.68 Å². The Morgan fingerprint density at radius 1 is 1.36 bits per heavy atom. The SMILES string of the molecule is Cc1nnnn1-c1nn[nH]n1. The van der Waals surface area contributed by atoms with Crippen LogP contribution in [0.3, 0.4) is 0 Å². The molecule has 0 saturated heterocycles. The molecule has 56 valence electrons. The van der Waals surface area contributed by atoms with Gasteiger partial charge in [0.15, 0.2) is 5.82 Å². The Morgan fingerprint density at radius 2 is 2.27 bits per heavy atom. The van der Waals surface area contributed by atoms with Crippen molar-refractivity contribution in [3.8, 4) is 5.95 Å². The fourth-order valence-corrected chi connectivity index (χ4v) is 0.663. The molecule has 0 amide bonds. The lowest BCUT2D eigenvalue weighted by molar-refractivity contribution is 0.738. The standard InChI is InChI=1S/C3H4N8/c1-2-4-9-10-11(2)3-5-7-8-6-3/h1H3,(H,5,6,7,8). The summed E-state index contributed by atoms with van der Waals surface area (Å²) in [6, 6.07) is 0. The highest BCUT2D eigenvalue weighted by atomic mass is 15.6. The number of aromatic nitrogens is 8. The van der Waals surface area contributed by atoms with Crippen LogP contribution < -0.4 is 0 Å². The molecule has 1 N–H and O–H groups in total. The minimum atomic E-state index is 0.340. The van der Waals surface area contributed by atoms with Crippen molar-refractivity contribution in [2.24, 2.45) is 0 Å². The topological polar surface area (TPSA) is 98.1 Å². The zero-order valence-electron chi connectivity index (χ0n) is 5.63. The number of hydrogen-bond donors (Lipinski definition) is 1. The van der Waals surface area contributed by atoms with Crippen LogP contribution in [0.5, 0.6) is 0 Å². The summed E-state index contributed by atoms with van der Waals surface area (Å²) in [5.41, 5.74) is 0. The summed E-state index contributed by atoms with van der Waals surface area (Å²) in [6.07, 6.45) is 0. The maximum Gasteiger partial charge on any atom is 0.293 e. The molecule has 0 saturated carbocycles. The first kappa shape index (κ1) is 5.89. The van der Waals surface area contributed by atoms with Crippen LogP contribution in [0.15, 0.2) is 0 Å². The molecule has 0 aromatic carbocycles. The quantitative estimate of drug-likeness (QED) is 0.533. The van der Waals surface area contributed by atoms with Crippen LogP contribution >= 0.6 is 0 Å². The lowest BCUT2D eigenvalue weighted by Gasteiger charge is -1.88. The summed E-state index contributed by atoms with van der Waals surface area (Å²) in [6.45, 7) is 1.75. The Bertz CT molecular complexity index is 332. The highest BCUT2D eigenvalue weighted by Gasteiger charge is 2.05. The van der Waals surface area contributed by atoms with Gasteiger partial charge in [-0.2, -0.15) is 9.90 Å². The minimum absolute atomic E-state index is 0.340. The van der Waals surface area contributed by atoms with Crippen molar-refractivity contribution in [3.05, 3.63) is 5.82 Å². The summed E-state index contributed by atoms with van der Waals surface area (Å²) in [5, 5.41) is 23.8. The molecule has 2 aromatic rings. The molecule has 8 heteroatoms. The molecule has 8 nitrogen and oxygen atoms in total. The Labute approximate surface area is 60.6 Å². The van der Waals surface area contributed by atoms with E-state index in [9.17, 15) is 0 Å². The molecular formula is C3H4N8. The van der Waals surface area contributed by atoms with E-state index in [1.807, 2.05) is 0 Å². The third-order valence-electron chi connectivity index (χ3n) is 1.15. The summed E-state index contributed by atoms with van der Waals surface area (Å²) >= 11 is 0.